The Morgan fingerprint density at radius 3 is 2.70 bits per heavy atom. The van der Waals surface area contributed by atoms with Gasteiger partial charge >= 0.3 is 0 Å². The van der Waals surface area contributed by atoms with Crippen LogP contribution in [-0.2, 0) is 4.79 Å². The Morgan fingerprint density at radius 1 is 1.30 bits per heavy atom. The van der Waals surface area contributed by atoms with Gasteiger partial charge in [0, 0.05) is 26.1 Å². The molecule has 0 heterocycles. The second-order valence-electron chi connectivity index (χ2n) is 5.13. The zero-order valence-corrected chi connectivity index (χ0v) is 12.6. The lowest BCUT2D eigenvalue weighted by Crippen LogP contribution is -2.38. The normalized spacial score (nSPS) is 15.9. The van der Waals surface area contributed by atoms with Gasteiger partial charge in [0.1, 0.15) is 0 Å². The van der Waals surface area contributed by atoms with E-state index in [2.05, 4.69) is 27.5 Å². The minimum atomic E-state index is 0.163. The second-order valence-corrected chi connectivity index (χ2v) is 5.13. The average molecular weight is 280 g/mol. The predicted octanol–water partition coefficient (Wildman–Crippen LogP) is 1.42. The number of carbonyl (C=O) groups is 1. The molecule has 0 aliphatic heterocycles. The van der Waals surface area contributed by atoms with Crippen molar-refractivity contribution in [1.29, 1.82) is 0 Å². The van der Waals surface area contributed by atoms with Crippen LogP contribution >= 0.6 is 0 Å². The van der Waals surface area contributed by atoms with E-state index in [1.165, 1.54) is 25.7 Å². The summed E-state index contributed by atoms with van der Waals surface area (Å²) in [4.78, 5) is 16.1. The third kappa shape index (κ3) is 7.16. The first kappa shape index (κ1) is 16.5. The molecule has 0 radical (unpaired) electrons. The highest BCUT2D eigenvalue weighted by Crippen LogP contribution is 2.27. The molecule has 114 valence electrons. The summed E-state index contributed by atoms with van der Waals surface area (Å²) >= 11 is 0. The zero-order valence-electron chi connectivity index (χ0n) is 12.6. The first-order chi connectivity index (χ1) is 9.76. The average Bonchev–Trinajstić information content (AvgIpc) is 2.93. The fourth-order valence-electron chi connectivity index (χ4n) is 2.42. The van der Waals surface area contributed by atoms with Crippen LogP contribution in [0.4, 0.5) is 0 Å². The van der Waals surface area contributed by atoms with Gasteiger partial charge in [-0.2, -0.15) is 0 Å². The maximum Gasteiger partial charge on any atom is 0.220 e. The number of hydrogen-bond donors (Lipinski definition) is 3. The van der Waals surface area contributed by atoms with Crippen LogP contribution in [0.3, 0.4) is 0 Å². The van der Waals surface area contributed by atoms with Crippen LogP contribution in [0.2, 0.25) is 0 Å². The summed E-state index contributed by atoms with van der Waals surface area (Å²) in [6.45, 7) is 8.36. The lowest BCUT2D eigenvalue weighted by atomic mass is 10.0. The van der Waals surface area contributed by atoms with Gasteiger partial charge in [0.2, 0.25) is 5.91 Å². The van der Waals surface area contributed by atoms with Gasteiger partial charge in [0.15, 0.2) is 5.96 Å². The van der Waals surface area contributed by atoms with E-state index in [-0.39, 0.29) is 5.91 Å². The van der Waals surface area contributed by atoms with Gasteiger partial charge in [-0.25, -0.2) is 0 Å². The number of amides is 1. The van der Waals surface area contributed by atoms with Crippen molar-refractivity contribution in [3.05, 3.63) is 12.7 Å². The van der Waals surface area contributed by atoms with Crippen LogP contribution in [0, 0.1) is 5.92 Å². The molecule has 20 heavy (non-hydrogen) atoms. The zero-order chi connectivity index (χ0) is 14.6. The van der Waals surface area contributed by atoms with Crippen LogP contribution < -0.4 is 16.0 Å². The minimum Gasteiger partial charge on any atom is -0.357 e. The highest BCUT2D eigenvalue weighted by atomic mass is 16.1. The molecule has 1 aliphatic rings. The molecule has 0 bridgehead atoms. The molecule has 1 amide bonds. The Kier molecular flexibility index (Phi) is 8.51. The first-order valence-electron chi connectivity index (χ1n) is 7.66. The molecule has 0 aromatic rings. The Hall–Kier alpha value is -1.52. The summed E-state index contributed by atoms with van der Waals surface area (Å²) in [5.74, 6) is 1.53. The van der Waals surface area contributed by atoms with Gasteiger partial charge in [-0.05, 0) is 25.7 Å². The number of aliphatic imine (C=N–C) groups is 1. The first-order valence-corrected chi connectivity index (χ1v) is 7.66. The SMILES string of the molecule is C=CCNC(=NCCNC(=O)CC1CCCC1)NCC. The van der Waals surface area contributed by atoms with Crippen LogP contribution in [-0.4, -0.2) is 38.0 Å². The number of hydrogen-bond acceptors (Lipinski definition) is 2. The lowest BCUT2D eigenvalue weighted by Gasteiger charge is -2.10. The molecule has 5 nitrogen and oxygen atoms in total. The van der Waals surface area contributed by atoms with E-state index < -0.39 is 0 Å². The van der Waals surface area contributed by atoms with E-state index in [1.54, 1.807) is 6.08 Å². The van der Waals surface area contributed by atoms with E-state index in [0.29, 0.717) is 32.0 Å². The van der Waals surface area contributed by atoms with Crippen LogP contribution in [0.15, 0.2) is 17.6 Å². The Bertz CT molecular complexity index is 322. The summed E-state index contributed by atoms with van der Waals surface area (Å²) in [5, 5.41) is 9.21. The number of nitrogens with zero attached hydrogens (tertiary/aromatic N) is 1. The minimum absolute atomic E-state index is 0.163. The molecular weight excluding hydrogens is 252 g/mol. The van der Waals surface area contributed by atoms with Crippen molar-refractivity contribution in [1.82, 2.24) is 16.0 Å². The number of rotatable bonds is 8. The van der Waals surface area contributed by atoms with E-state index in [1.807, 2.05) is 6.92 Å². The van der Waals surface area contributed by atoms with Crippen molar-refractivity contribution in [2.45, 2.75) is 39.0 Å². The summed E-state index contributed by atoms with van der Waals surface area (Å²) < 4.78 is 0. The van der Waals surface area contributed by atoms with E-state index in [4.69, 9.17) is 0 Å². The van der Waals surface area contributed by atoms with Gasteiger partial charge in [0.25, 0.3) is 0 Å². The molecular formula is C15H28N4O. The molecule has 0 atom stereocenters. The van der Waals surface area contributed by atoms with Crippen molar-refractivity contribution in [3.63, 3.8) is 0 Å². The van der Waals surface area contributed by atoms with Crippen molar-refractivity contribution in [2.24, 2.45) is 10.9 Å². The Labute approximate surface area is 122 Å². The maximum atomic E-state index is 11.7. The molecule has 1 saturated carbocycles. The van der Waals surface area contributed by atoms with Crippen molar-refractivity contribution in [3.8, 4) is 0 Å². The molecule has 0 aromatic carbocycles. The maximum absolute atomic E-state index is 11.7. The highest BCUT2D eigenvalue weighted by Gasteiger charge is 2.17. The Morgan fingerprint density at radius 2 is 2.05 bits per heavy atom. The molecule has 0 saturated heterocycles. The fraction of sp³-hybridized carbons (Fsp3) is 0.733. The molecule has 1 fully saturated rings. The molecule has 1 rings (SSSR count). The summed E-state index contributed by atoms with van der Waals surface area (Å²) in [6.07, 6.45) is 7.45. The third-order valence-electron chi connectivity index (χ3n) is 3.41. The van der Waals surface area contributed by atoms with E-state index in [0.717, 1.165) is 12.5 Å². The van der Waals surface area contributed by atoms with Crippen molar-refractivity contribution in [2.75, 3.05) is 26.2 Å². The van der Waals surface area contributed by atoms with Crippen LogP contribution in [0.1, 0.15) is 39.0 Å². The van der Waals surface area contributed by atoms with Gasteiger partial charge < -0.3 is 16.0 Å². The van der Waals surface area contributed by atoms with Gasteiger partial charge in [0.05, 0.1) is 6.54 Å². The number of nitrogens with one attached hydrogen (secondary N) is 3. The third-order valence-corrected chi connectivity index (χ3v) is 3.41. The smallest absolute Gasteiger partial charge is 0.220 e. The molecule has 0 aromatic heterocycles. The van der Waals surface area contributed by atoms with Crippen LogP contribution in [0.25, 0.3) is 0 Å². The van der Waals surface area contributed by atoms with Crippen molar-refractivity contribution < 1.29 is 4.79 Å². The number of carbonyl (C=O) groups excluding carboxylic acids is 1. The molecule has 3 N–H and O–H groups in total. The summed E-state index contributed by atoms with van der Waals surface area (Å²) in [5.41, 5.74) is 0. The van der Waals surface area contributed by atoms with Gasteiger partial charge in [-0.1, -0.05) is 18.9 Å². The Balaban J connectivity index is 2.16. The van der Waals surface area contributed by atoms with E-state index in [9.17, 15) is 4.79 Å². The van der Waals surface area contributed by atoms with Crippen molar-refractivity contribution >= 4 is 11.9 Å². The topological polar surface area (TPSA) is 65.5 Å². The molecule has 5 heteroatoms. The standard InChI is InChI=1S/C15H28N4O/c1-3-9-18-15(16-4-2)19-11-10-17-14(20)12-13-7-5-6-8-13/h3,13H,1,4-12H2,2H3,(H,17,20)(H2,16,18,19). The largest absolute Gasteiger partial charge is 0.357 e. The van der Waals surface area contributed by atoms with Gasteiger partial charge in [-0.15, -0.1) is 6.58 Å². The fourth-order valence-corrected chi connectivity index (χ4v) is 2.42. The van der Waals surface area contributed by atoms with E-state index >= 15 is 0 Å². The summed E-state index contributed by atoms with van der Waals surface area (Å²) in [7, 11) is 0. The highest BCUT2D eigenvalue weighted by molar-refractivity contribution is 5.80. The lowest BCUT2D eigenvalue weighted by molar-refractivity contribution is -0.121. The summed E-state index contributed by atoms with van der Waals surface area (Å²) in [6, 6.07) is 0. The predicted molar refractivity (Wildman–Crippen MR) is 83.8 cm³/mol. The monoisotopic (exact) mass is 280 g/mol. The quantitative estimate of drug-likeness (QED) is 0.273. The number of guanidine groups is 1. The molecule has 0 unspecified atom stereocenters. The molecule has 1 aliphatic carbocycles. The molecule has 0 spiro atoms. The van der Waals surface area contributed by atoms with Crippen LogP contribution in [0.5, 0.6) is 0 Å². The second kappa shape index (κ2) is 10.3. The van der Waals surface area contributed by atoms with Gasteiger partial charge in [-0.3, -0.25) is 9.79 Å².